The number of nitrogens with one attached hydrogen (secondary N) is 1. The summed E-state index contributed by atoms with van der Waals surface area (Å²) < 4.78 is 13.0. The number of aromatic nitrogens is 1. The Bertz CT molecular complexity index is 1350. The van der Waals surface area contributed by atoms with Crippen LogP contribution in [0.5, 0.6) is 5.75 Å². The maximum absolute atomic E-state index is 12.7. The van der Waals surface area contributed by atoms with Gasteiger partial charge in [-0.3, -0.25) is 14.9 Å². The van der Waals surface area contributed by atoms with Gasteiger partial charge in [0.1, 0.15) is 5.52 Å². The third kappa shape index (κ3) is 4.60. The summed E-state index contributed by atoms with van der Waals surface area (Å²) in [5.74, 6) is 0.0860. The molecular weight excluding hydrogens is 593 g/mol. The van der Waals surface area contributed by atoms with Crippen molar-refractivity contribution < 1.29 is 18.9 Å². The van der Waals surface area contributed by atoms with Crippen LogP contribution in [0.3, 0.4) is 0 Å². The van der Waals surface area contributed by atoms with Crippen molar-refractivity contribution in [3.63, 3.8) is 0 Å². The van der Waals surface area contributed by atoms with Crippen molar-refractivity contribution >= 4 is 66.9 Å². The van der Waals surface area contributed by atoms with Crippen LogP contribution in [-0.4, -0.2) is 22.4 Å². The molecule has 0 spiro atoms. The molecule has 4 rings (SSSR count). The maximum atomic E-state index is 12.7. The summed E-state index contributed by atoms with van der Waals surface area (Å²) in [6.07, 6.45) is 0. The van der Waals surface area contributed by atoms with Gasteiger partial charge in [-0.05, 0) is 94.0 Å². The molecule has 0 aliphatic carbocycles. The van der Waals surface area contributed by atoms with Crippen LogP contribution in [-0.2, 0) is 0 Å². The van der Waals surface area contributed by atoms with Crippen molar-refractivity contribution in [2.75, 3.05) is 11.9 Å². The number of ether oxygens (including phenoxy) is 1. The second-order valence-electron chi connectivity index (χ2n) is 6.65. The van der Waals surface area contributed by atoms with Crippen molar-refractivity contribution in [1.82, 2.24) is 4.98 Å². The molecule has 0 saturated carbocycles. The highest BCUT2D eigenvalue weighted by molar-refractivity contribution is 14.1. The van der Waals surface area contributed by atoms with Crippen LogP contribution in [0.1, 0.15) is 17.3 Å². The number of nitro benzene ring substituents is 1. The summed E-state index contributed by atoms with van der Waals surface area (Å²) in [4.78, 5) is 28.0. The Hall–Kier alpha value is -2.99. The molecule has 0 unspecified atom stereocenters. The standard InChI is InChI=1S/C22H15BrIN3O5/c1-2-31-20-7-3-12(9-18(20)27(29)30)21(28)25-14-5-8-19-17(11-14)26-22(32-19)15-10-13(24)4-6-16(15)23/h3-11H,2H2,1H3,(H,25,28). The zero-order valence-electron chi connectivity index (χ0n) is 16.6. The Balaban J connectivity index is 1.61. The zero-order valence-corrected chi connectivity index (χ0v) is 20.3. The van der Waals surface area contributed by atoms with Gasteiger partial charge in [-0.15, -0.1) is 0 Å². The predicted molar refractivity (Wildman–Crippen MR) is 132 cm³/mol. The van der Waals surface area contributed by atoms with E-state index in [1.54, 1.807) is 25.1 Å². The maximum Gasteiger partial charge on any atom is 0.311 e. The van der Waals surface area contributed by atoms with Gasteiger partial charge in [-0.25, -0.2) is 4.98 Å². The van der Waals surface area contributed by atoms with E-state index in [0.29, 0.717) is 22.7 Å². The SMILES string of the molecule is CCOc1ccc(C(=O)Nc2ccc3oc(-c4cc(I)ccc4Br)nc3c2)cc1[N+](=O)[O-]. The Morgan fingerprint density at radius 1 is 1.22 bits per heavy atom. The van der Waals surface area contributed by atoms with E-state index in [4.69, 9.17) is 9.15 Å². The van der Waals surface area contributed by atoms with Gasteiger partial charge in [-0.2, -0.15) is 0 Å². The second-order valence-corrected chi connectivity index (χ2v) is 8.75. The van der Waals surface area contributed by atoms with E-state index < -0.39 is 10.8 Å². The number of carbonyl (C=O) groups is 1. The number of rotatable bonds is 6. The van der Waals surface area contributed by atoms with Crippen molar-refractivity contribution in [2.24, 2.45) is 0 Å². The molecular formula is C22H15BrIN3O5. The largest absolute Gasteiger partial charge is 0.487 e. The average Bonchev–Trinajstić information content (AvgIpc) is 3.19. The topological polar surface area (TPSA) is 108 Å². The van der Waals surface area contributed by atoms with E-state index in [9.17, 15) is 14.9 Å². The van der Waals surface area contributed by atoms with Crippen LogP contribution in [0.4, 0.5) is 11.4 Å². The van der Waals surface area contributed by atoms with Gasteiger partial charge in [0.25, 0.3) is 5.91 Å². The predicted octanol–water partition coefficient (Wildman–Crippen LogP) is 6.42. The van der Waals surface area contributed by atoms with Gasteiger partial charge in [-0.1, -0.05) is 0 Å². The van der Waals surface area contributed by atoms with Crippen LogP contribution in [0.25, 0.3) is 22.6 Å². The lowest BCUT2D eigenvalue weighted by Gasteiger charge is -2.07. The number of nitro groups is 1. The molecule has 10 heteroatoms. The highest BCUT2D eigenvalue weighted by Crippen LogP contribution is 2.33. The number of anilines is 1. The van der Waals surface area contributed by atoms with Crippen LogP contribution >= 0.6 is 38.5 Å². The summed E-state index contributed by atoms with van der Waals surface area (Å²) in [7, 11) is 0. The minimum absolute atomic E-state index is 0.118. The molecule has 1 N–H and O–H groups in total. The zero-order chi connectivity index (χ0) is 22.8. The molecule has 1 amide bonds. The monoisotopic (exact) mass is 607 g/mol. The van der Waals surface area contributed by atoms with Crippen LogP contribution in [0.15, 0.2) is 63.5 Å². The van der Waals surface area contributed by atoms with E-state index in [1.165, 1.54) is 18.2 Å². The molecule has 0 radical (unpaired) electrons. The van der Waals surface area contributed by atoms with E-state index in [0.717, 1.165) is 13.6 Å². The average molecular weight is 608 g/mol. The molecule has 1 heterocycles. The first kappa shape index (κ1) is 22.2. The number of amides is 1. The van der Waals surface area contributed by atoms with E-state index in [2.05, 4.69) is 48.8 Å². The summed E-state index contributed by atoms with van der Waals surface area (Å²) in [6.45, 7) is 2.01. The quantitative estimate of drug-likeness (QED) is 0.154. The molecule has 0 saturated heterocycles. The minimum atomic E-state index is -0.576. The highest BCUT2D eigenvalue weighted by atomic mass is 127. The highest BCUT2D eigenvalue weighted by Gasteiger charge is 2.19. The first-order valence-corrected chi connectivity index (χ1v) is 11.3. The number of oxazole rings is 1. The number of hydrogen-bond acceptors (Lipinski definition) is 6. The number of halogens is 2. The van der Waals surface area contributed by atoms with Gasteiger partial charge in [0.2, 0.25) is 5.89 Å². The van der Waals surface area contributed by atoms with Crippen molar-refractivity contribution in [1.29, 1.82) is 0 Å². The molecule has 0 atom stereocenters. The molecule has 3 aromatic carbocycles. The van der Waals surface area contributed by atoms with Crippen molar-refractivity contribution in [3.05, 3.63) is 78.3 Å². The number of benzene rings is 3. The lowest BCUT2D eigenvalue weighted by Crippen LogP contribution is -2.12. The van der Waals surface area contributed by atoms with Crippen molar-refractivity contribution in [2.45, 2.75) is 6.92 Å². The Morgan fingerprint density at radius 3 is 2.78 bits per heavy atom. The third-order valence-electron chi connectivity index (χ3n) is 4.52. The Morgan fingerprint density at radius 2 is 2.03 bits per heavy atom. The lowest BCUT2D eigenvalue weighted by molar-refractivity contribution is -0.385. The molecule has 0 fully saturated rings. The number of carbonyl (C=O) groups excluding carboxylic acids is 1. The van der Waals surface area contributed by atoms with Crippen molar-refractivity contribution in [3.8, 4) is 17.2 Å². The van der Waals surface area contributed by atoms with E-state index in [-0.39, 0.29) is 23.6 Å². The molecule has 0 aliphatic heterocycles. The van der Waals surface area contributed by atoms with E-state index in [1.807, 2.05) is 18.2 Å². The molecule has 32 heavy (non-hydrogen) atoms. The second kappa shape index (κ2) is 9.25. The Labute approximate surface area is 204 Å². The van der Waals surface area contributed by atoms with Crippen LogP contribution < -0.4 is 10.1 Å². The van der Waals surface area contributed by atoms with Gasteiger partial charge in [0.15, 0.2) is 11.3 Å². The number of nitrogens with zero attached hydrogens (tertiary/aromatic N) is 2. The van der Waals surface area contributed by atoms with E-state index >= 15 is 0 Å². The lowest BCUT2D eigenvalue weighted by atomic mass is 10.1. The molecule has 0 bridgehead atoms. The Kier molecular flexibility index (Phi) is 6.42. The minimum Gasteiger partial charge on any atom is -0.487 e. The summed E-state index contributed by atoms with van der Waals surface area (Å²) in [5, 5.41) is 14.1. The van der Waals surface area contributed by atoms with Gasteiger partial charge >= 0.3 is 5.69 Å². The summed E-state index contributed by atoms with van der Waals surface area (Å²) >= 11 is 5.73. The molecule has 162 valence electrons. The summed E-state index contributed by atoms with van der Waals surface area (Å²) in [5.41, 5.74) is 2.32. The summed E-state index contributed by atoms with van der Waals surface area (Å²) in [6, 6.07) is 15.0. The first-order valence-electron chi connectivity index (χ1n) is 9.44. The fraction of sp³-hybridized carbons (Fsp3) is 0.0909. The normalized spacial score (nSPS) is 10.8. The molecule has 8 nitrogen and oxygen atoms in total. The molecule has 1 aromatic heterocycles. The smallest absolute Gasteiger partial charge is 0.311 e. The van der Waals surface area contributed by atoms with Gasteiger partial charge in [0.05, 0.1) is 17.1 Å². The number of fused-ring (bicyclic) bond motifs is 1. The molecule has 4 aromatic rings. The first-order chi connectivity index (χ1) is 15.4. The van der Waals surface area contributed by atoms with Gasteiger partial charge in [0, 0.05) is 25.4 Å². The molecule has 0 aliphatic rings. The third-order valence-corrected chi connectivity index (χ3v) is 5.88. The fourth-order valence-corrected chi connectivity index (χ4v) is 3.97. The number of hydrogen-bond donors (Lipinski definition) is 1. The van der Waals surface area contributed by atoms with Gasteiger partial charge < -0.3 is 14.5 Å². The van der Waals surface area contributed by atoms with Crippen LogP contribution in [0.2, 0.25) is 0 Å². The van der Waals surface area contributed by atoms with Crippen LogP contribution in [0, 0.1) is 13.7 Å². The fourth-order valence-electron chi connectivity index (χ4n) is 3.06.